The number of ketones is 1. The Morgan fingerprint density at radius 2 is 1.60 bits per heavy atom. The van der Waals surface area contributed by atoms with Crippen LogP contribution in [0, 0.1) is 5.82 Å². The van der Waals surface area contributed by atoms with Crippen molar-refractivity contribution >= 4 is 39.9 Å². The fourth-order valence-corrected chi connectivity index (χ4v) is 5.03. The average Bonchev–Trinajstić information content (AvgIpc) is 3.02. The number of rotatable bonds is 7. The standard InChI is InChI=1S/C33H29FN6O3/c1-21(41)18-22-2-9-29(28(34)19-22)38-33(42)36-26-6-3-24(4-7-26)31-37-30-20-25(23-10-12-35-13-11-23)5-8-27(30)32(39-31)40-14-16-43-17-15-40/h2-13,19-20H,14-18H2,1H3,(H2,36,38,42). The van der Waals surface area contributed by atoms with E-state index in [2.05, 4.69) is 38.7 Å². The highest BCUT2D eigenvalue weighted by molar-refractivity contribution is 6.00. The van der Waals surface area contributed by atoms with Crippen LogP contribution in [-0.2, 0) is 16.0 Å². The Morgan fingerprint density at radius 1 is 0.860 bits per heavy atom. The molecular weight excluding hydrogens is 547 g/mol. The number of morpholine rings is 1. The third kappa shape index (κ3) is 6.49. The van der Waals surface area contributed by atoms with Crippen LogP contribution < -0.4 is 15.5 Å². The molecule has 1 fully saturated rings. The molecule has 6 rings (SSSR count). The van der Waals surface area contributed by atoms with Crippen LogP contribution in [0.25, 0.3) is 33.4 Å². The van der Waals surface area contributed by atoms with E-state index in [1.807, 2.05) is 24.3 Å². The van der Waals surface area contributed by atoms with Gasteiger partial charge in [0.1, 0.15) is 17.4 Å². The molecule has 0 bridgehead atoms. The molecule has 0 aliphatic carbocycles. The molecule has 0 atom stereocenters. The summed E-state index contributed by atoms with van der Waals surface area (Å²) in [6.07, 6.45) is 3.67. The highest BCUT2D eigenvalue weighted by Crippen LogP contribution is 2.32. The number of carbonyl (C=O) groups excluding carboxylic acids is 2. The molecule has 2 N–H and O–H groups in total. The van der Waals surface area contributed by atoms with Crippen molar-refractivity contribution in [2.75, 3.05) is 41.8 Å². The van der Waals surface area contributed by atoms with Crippen molar-refractivity contribution in [3.05, 3.63) is 96.6 Å². The lowest BCUT2D eigenvalue weighted by Crippen LogP contribution is -2.37. The molecule has 216 valence electrons. The van der Waals surface area contributed by atoms with Gasteiger partial charge in [-0.3, -0.25) is 9.78 Å². The lowest BCUT2D eigenvalue weighted by molar-refractivity contribution is -0.116. The molecule has 0 spiro atoms. The van der Waals surface area contributed by atoms with Crippen molar-refractivity contribution in [2.24, 2.45) is 0 Å². The zero-order valence-electron chi connectivity index (χ0n) is 23.5. The number of nitrogens with one attached hydrogen (secondary N) is 2. The van der Waals surface area contributed by atoms with Gasteiger partial charge in [0.25, 0.3) is 0 Å². The monoisotopic (exact) mass is 576 g/mol. The predicted molar refractivity (Wildman–Crippen MR) is 165 cm³/mol. The number of nitrogens with zero attached hydrogens (tertiary/aromatic N) is 4. The summed E-state index contributed by atoms with van der Waals surface area (Å²) in [7, 11) is 0. The fourth-order valence-electron chi connectivity index (χ4n) is 5.03. The summed E-state index contributed by atoms with van der Waals surface area (Å²) in [6.45, 7) is 4.17. The number of pyridine rings is 1. The number of hydrogen-bond donors (Lipinski definition) is 2. The number of carbonyl (C=O) groups is 2. The number of aromatic nitrogens is 3. The third-order valence-corrected chi connectivity index (χ3v) is 7.14. The first-order valence-electron chi connectivity index (χ1n) is 13.9. The Hall–Kier alpha value is -5.22. The Kier molecular flexibility index (Phi) is 8.01. The number of benzene rings is 3. The zero-order chi connectivity index (χ0) is 29.8. The predicted octanol–water partition coefficient (Wildman–Crippen LogP) is 6.11. The summed E-state index contributed by atoms with van der Waals surface area (Å²) in [5.74, 6) is 0.732. The van der Waals surface area contributed by atoms with Crippen LogP contribution in [0.15, 0.2) is 85.2 Å². The Labute approximate surface area is 247 Å². The van der Waals surface area contributed by atoms with Crippen molar-refractivity contribution < 1.29 is 18.7 Å². The first kappa shape index (κ1) is 27.9. The van der Waals surface area contributed by atoms with E-state index < -0.39 is 11.8 Å². The van der Waals surface area contributed by atoms with Crippen molar-refractivity contribution in [1.29, 1.82) is 0 Å². The molecule has 2 amide bonds. The highest BCUT2D eigenvalue weighted by atomic mass is 19.1. The Balaban J connectivity index is 1.25. The second-order valence-electron chi connectivity index (χ2n) is 10.3. The second kappa shape index (κ2) is 12.3. The van der Waals surface area contributed by atoms with Gasteiger partial charge in [-0.15, -0.1) is 0 Å². The maximum atomic E-state index is 14.5. The molecule has 10 heteroatoms. The summed E-state index contributed by atoms with van der Waals surface area (Å²) in [4.78, 5) is 40.1. The molecule has 0 saturated carbocycles. The van der Waals surface area contributed by atoms with E-state index in [0.717, 1.165) is 46.5 Å². The van der Waals surface area contributed by atoms with E-state index in [1.54, 1.807) is 30.6 Å². The minimum Gasteiger partial charge on any atom is -0.378 e. The van der Waals surface area contributed by atoms with Crippen LogP contribution >= 0.6 is 0 Å². The number of urea groups is 1. The normalized spacial score (nSPS) is 13.1. The molecule has 1 aliphatic rings. The van der Waals surface area contributed by atoms with Gasteiger partial charge < -0.3 is 20.3 Å². The molecule has 3 heterocycles. The van der Waals surface area contributed by atoms with E-state index in [0.29, 0.717) is 30.3 Å². The zero-order valence-corrected chi connectivity index (χ0v) is 23.5. The van der Waals surface area contributed by atoms with Crippen molar-refractivity contribution in [3.63, 3.8) is 0 Å². The van der Waals surface area contributed by atoms with Gasteiger partial charge in [-0.2, -0.15) is 0 Å². The number of fused-ring (bicyclic) bond motifs is 1. The molecule has 1 saturated heterocycles. The summed E-state index contributed by atoms with van der Waals surface area (Å²) < 4.78 is 20.0. The average molecular weight is 577 g/mol. The van der Waals surface area contributed by atoms with Crippen LogP contribution in [0.5, 0.6) is 0 Å². The van der Waals surface area contributed by atoms with Gasteiger partial charge in [-0.05, 0) is 84.3 Å². The molecule has 3 aromatic carbocycles. The Morgan fingerprint density at radius 3 is 2.33 bits per heavy atom. The van der Waals surface area contributed by atoms with E-state index >= 15 is 0 Å². The maximum Gasteiger partial charge on any atom is 0.323 e. The van der Waals surface area contributed by atoms with Crippen LogP contribution in [0.2, 0.25) is 0 Å². The van der Waals surface area contributed by atoms with Gasteiger partial charge >= 0.3 is 6.03 Å². The third-order valence-electron chi connectivity index (χ3n) is 7.14. The van der Waals surface area contributed by atoms with E-state index in [9.17, 15) is 14.0 Å². The summed E-state index contributed by atoms with van der Waals surface area (Å²) in [5.41, 5.74) is 4.76. The van der Waals surface area contributed by atoms with Gasteiger partial charge in [0, 0.05) is 48.5 Å². The van der Waals surface area contributed by atoms with Gasteiger partial charge in [-0.1, -0.05) is 12.1 Å². The smallest absolute Gasteiger partial charge is 0.323 e. The molecule has 9 nitrogen and oxygen atoms in total. The largest absolute Gasteiger partial charge is 0.378 e. The van der Waals surface area contributed by atoms with Gasteiger partial charge in [0.2, 0.25) is 0 Å². The van der Waals surface area contributed by atoms with Crippen LogP contribution in [-0.4, -0.2) is 53.1 Å². The lowest BCUT2D eigenvalue weighted by Gasteiger charge is -2.29. The minimum atomic E-state index is -0.610. The molecule has 0 radical (unpaired) electrons. The number of Topliss-reactive ketones (excluding diaryl/α,β-unsaturated/α-hetero) is 1. The first-order chi connectivity index (χ1) is 20.9. The molecule has 1 aliphatic heterocycles. The summed E-state index contributed by atoms with van der Waals surface area (Å²) in [6, 6.07) is 21.0. The fraction of sp³-hybridized carbons (Fsp3) is 0.182. The SMILES string of the molecule is CC(=O)Cc1ccc(NC(=O)Nc2ccc(-c3nc(N4CCOCC4)c4ccc(-c5ccncc5)cc4n3)cc2)c(F)c1. The van der Waals surface area contributed by atoms with Crippen molar-refractivity contribution in [1.82, 2.24) is 15.0 Å². The summed E-state index contributed by atoms with van der Waals surface area (Å²) >= 11 is 0. The number of hydrogen-bond acceptors (Lipinski definition) is 7. The van der Waals surface area contributed by atoms with E-state index in [1.165, 1.54) is 19.1 Å². The van der Waals surface area contributed by atoms with Gasteiger partial charge in [0.05, 0.1) is 24.4 Å². The quantitative estimate of drug-likeness (QED) is 0.241. The molecular formula is C33H29FN6O3. The lowest BCUT2D eigenvalue weighted by atomic mass is 10.0. The first-order valence-corrected chi connectivity index (χ1v) is 13.9. The van der Waals surface area contributed by atoms with Gasteiger partial charge in [-0.25, -0.2) is 19.2 Å². The highest BCUT2D eigenvalue weighted by Gasteiger charge is 2.19. The number of amides is 2. The number of halogens is 1. The second-order valence-corrected chi connectivity index (χ2v) is 10.3. The minimum absolute atomic E-state index is 0.0211. The topological polar surface area (TPSA) is 109 Å². The van der Waals surface area contributed by atoms with Gasteiger partial charge in [0.15, 0.2) is 5.82 Å². The summed E-state index contributed by atoms with van der Waals surface area (Å²) in [5, 5.41) is 6.19. The Bertz CT molecular complexity index is 1790. The van der Waals surface area contributed by atoms with Crippen LogP contribution in [0.3, 0.4) is 0 Å². The van der Waals surface area contributed by atoms with E-state index in [4.69, 9.17) is 14.7 Å². The van der Waals surface area contributed by atoms with Crippen molar-refractivity contribution in [3.8, 4) is 22.5 Å². The van der Waals surface area contributed by atoms with Crippen molar-refractivity contribution in [2.45, 2.75) is 13.3 Å². The molecule has 0 unspecified atom stereocenters. The van der Waals surface area contributed by atoms with Crippen LogP contribution in [0.4, 0.5) is 26.4 Å². The number of anilines is 3. The molecule has 2 aromatic heterocycles. The van der Waals surface area contributed by atoms with Crippen LogP contribution in [0.1, 0.15) is 12.5 Å². The maximum absolute atomic E-state index is 14.5. The number of ether oxygens (including phenoxy) is 1. The molecule has 43 heavy (non-hydrogen) atoms. The molecule has 5 aromatic rings. The van der Waals surface area contributed by atoms with E-state index in [-0.39, 0.29) is 17.9 Å².